The monoisotopic (exact) mass is 655 g/mol. The molecule has 2 amide bonds. The first-order chi connectivity index (χ1) is 24.0. The molecule has 250 valence electrons. The van der Waals surface area contributed by atoms with Crippen molar-refractivity contribution in [3.05, 3.63) is 145 Å². The van der Waals surface area contributed by atoms with Gasteiger partial charge in [-0.2, -0.15) is 0 Å². The van der Waals surface area contributed by atoms with Crippen LogP contribution in [0, 0.1) is 0 Å². The van der Waals surface area contributed by atoms with E-state index in [0.717, 1.165) is 30.0 Å². The third kappa shape index (κ3) is 9.25. The lowest BCUT2D eigenvalue weighted by atomic mass is 10.1. The fourth-order valence-electron chi connectivity index (χ4n) is 5.71. The molecule has 1 saturated heterocycles. The van der Waals surface area contributed by atoms with Crippen LogP contribution >= 0.6 is 0 Å². The average Bonchev–Trinajstić information content (AvgIpc) is 3.15. The van der Waals surface area contributed by atoms with Gasteiger partial charge in [-0.3, -0.25) is 15.0 Å². The first-order valence-electron chi connectivity index (χ1n) is 16.6. The van der Waals surface area contributed by atoms with Crippen LogP contribution < -0.4 is 30.4 Å². The van der Waals surface area contributed by atoms with E-state index in [-0.39, 0.29) is 31.2 Å². The van der Waals surface area contributed by atoms with Crippen LogP contribution in [0.1, 0.15) is 24.0 Å². The van der Waals surface area contributed by atoms with E-state index in [4.69, 9.17) is 15.2 Å². The minimum absolute atomic E-state index is 0.0298. The Morgan fingerprint density at radius 2 is 1.31 bits per heavy atom. The van der Waals surface area contributed by atoms with Gasteiger partial charge in [-0.25, -0.2) is 5.01 Å². The van der Waals surface area contributed by atoms with Crippen molar-refractivity contribution in [2.24, 2.45) is 5.73 Å². The molecule has 0 radical (unpaired) electrons. The Balaban J connectivity index is 1.14. The lowest BCUT2D eigenvalue weighted by molar-refractivity contribution is -0.128. The second-order valence-corrected chi connectivity index (χ2v) is 11.8. The average molecular weight is 656 g/mol. The highest BCUT2D eigenvalue weighted by Crippen LogP contribution is 2.34. The van der Waals surface area contributed by atoms with Gasteiger partial charge in [0.25, 0.3) is 0 Å². The van der Waals surface area contributed by atoms with Crippen molar-refractivity contribution in [1.82, 2.24) is 10.4 Å². The number of para-hydroxylation sites is 4. The molecule has 5 aromatic rings. The van der Waals surface area contributed by atoms with Crippen molar-refractivity contribution < 1.29 is 19.1 Å². The molecule has 1 fully saturated rings. The van der Waals surface area contributed by atoms with Gasteiger partial charge < -0.3 is 25.0 Å². The van der Waals surface area contributed by atoms with E-state index in [1.807, 2.05) is 126 Å². The number of hydrogen-bond acceptors (Lipinski definition) is 7. The fraction of sp³-hybridized carbons (Fsp3) is 0.200. The van der Waals surface area contributed by atoms with Gasteiger partial charge in [0.15, 0.2) is 5.75 Å². The Morgan fingerprint density at radius 3 is 2.04 bits per heavy atom. The lowest BCUT2D eigenvalue weighted by Gasteiger charge is -2.36. The molecule has 1 aliphatic rings. The molecule has 3 N–H and O–H groups in total. The smallest absolute Gasteiger partial charge is 0.234 e. The number of anilines is 2. The summed E-state index contributed by atoms with van der Waals surface area (Å²) in [7, 11) is 0. The summed E-state index contributed by atoms with van der Waals surface area (Å²) < 4.78 is 12.3. The summed E-state index contributed by atoms with van der Waals surface area (Å²) in [6.45, 7) is 3.66. The molecule has 0 bridgehead atoms. The molecule has 9 heteroatoms. The maximum absolute atomic E-state index is 14.0. The summed E-state index contributed by atoms with van der Waals surface area (Å²) in [5, 5.41) is 1.93. The van der Waals surface area contributed by atoms with E-state index in [1.54, 1.807) is 4.90 Å². The highest BCUT2D eigenvalue weighted by molar-refractivity contribution is 5.96. The zero-order chi connectivity index (χ0) is 33.8. The second-order valence-electron chi connectivity index (χ2n) is 11.8. The molecule has 0 atom stereocenters. The molecule has 6 rings (SSSR count). The first-order valence-corrected chi connectivity index (χ1v) is 16.6. The van der Waals surface area contributed by atoms with Crippen molar-refractivity contribution in [3.8, 4) is 23.0 Å². The summed E-state index contributed by atoms with van der Waals surface area (Å²) in [6.07, 6.45) is 0.0850. The molecule has 0 aromatic heterocycles. The van der Waals surface area contributed by atoms with E-state index >= 15 is 0 Å². The van der Waals surface area contributed by atoms with Crippen LogP contribution in [-0.4, -0.2) is 43.0 Å². The number of hydrogen-bond donors (Lipinski definition) is 2. The number of nitrogens with two attached hydrogens (primary N) is 1. The number of nitrogens with zero attached hydrogens (tertiary/aromatic N) is 3. The van der Waals surface area contributed by atoms with E-state index < -0.39 is 0 Å². The summed E-state index contributed by atoms with van der Waals surface area (Å²) >= 11 is 0. The molecule has 49 heavy (non-hydrogen) atoms. The van der Waals surface area contributed by atoms with E-state index in [0.29, 0.717) is 42.6 Å². The van der Waals surface area contributed by atoms with E-state index in [9.17, 15) is 9.59 Å². The second kappa shape index (κ2) is 16.5. The van der Waals surface area contributed by atoms with Crippen molar-refractivity contribution in [1.29, 1.82) is 0 Å². The number of benzene rings is 5. The number of nitrogens with one attached hydrogen (secondary N) is 1. The van der Waals surface area contributed by atoms with Crippen LogP contribution in [0.25, 0.3) is 0 Å². The molecule has 0 spiro atoms. The van der Waals surface area contributed by atoms with Crippen LogP contribution in [0.5, 0.6) is 23.0 Å². The first kappa shape index (κ1) is 33.3. The van der Waals surface area contributed by atoms with Gasteiger partial charge in [-0.1, -0.05) is 72.8 Å². The third-order valence-corrected chi connectivity index (χ3v) is 8.31. The molecule has 0 saturated carbocycles. The van der Waals surface area contributed by atoms with Crippen LogP contribution in [0.2, 0.25) is 0 Å². The third-order valence-electron chi connectivity index (χ3n) is 8.31. The summed E-state index contributed by atoms with van der Waals surface area (Å²) in [5.41, 5.74) is 12.5. The van der Waals surface area contributed by atoms with Gasteiger partial charge in [0.1, 0.15) is 17.2 Å². The topological polar surface area (TPSA) is 100 Å². The Morgan fingerprint density at radius 1 is 0.653 bits per heavy atom. The maximum Gasteiger partial charge on any atom is 0.234 e. The maximum atomic E-state index is 14.0. The minimum atomic E-state index is -0.194. The zero-order valence-corrected chi connectivity index (χ0v) is 27.4. The number of carbonyl (C=O) groups is 2. The van der Waals surface area contributed by atoms with Gasteiger partial charge in [0, 0.05) is 51.3 Å². The highest BCUT2D eigenvalue weighted by atomic mass is 16.5. The van der Waals surface area contributed by atoms with Crippen molar-refractivity contribution in [2.75, 3.05) is 36.0 Å². The Hall–Kier alpha value is -5.64. The zero-order valence-electron chi connectivity index (χ0n) is 27.4. The van der Waals surface area contributed by atoms with Gasteiger partial charge in [-0.05, 0) is 71.8 Å². The molecule has 1 heterocycles. The SMILES string of the molecule is NCc1cccc(Oc2ccccc2N(Cc2ccc(Oc3ccccc3)cc2)C(=O)CCC(=O)NN2CCN(c3ccccc3)CC2)c1. The molecule has 5 aromatic carbocycles. The molecule has 1 aliphatic heterocycles. The molecule has 9 nitrogen and oxygen atoms in total. The Labute approximate surface area is 287 Å². The predicted octanol–water partition coefficient (Wildman–Crippen LogP) is 6.90. The van der Waals surface area contributed by atoms with Crippen LogP contribution in [0.15, 0.2) is 133 Å². The summed E-state index contributed by atoms with van der Waals surface area (Å²) in [5.74, 6) is 2.20. The number of amides is 2. The molecular weight excluding hydrogens is 614 g/mol. The van der Waals surface area contributed by atoms with Crippen molar-refractivity contribution in [3.63, 3.8) is 0 Å². The molecular formula is C40H41N5O4. The van der Waals surface area contributed by atoms with Crippen LogP contribution in [0.4, 0.5) is 11.4 Å². The molecule has 0 unspecified atom stereocenters. The van der Waals surface area contributed by atoms with Crippen molar-refractivity contribution >= 4 is 23.2 Å². The Bertz CT molecular complexity index is 1810. The summed E-state index contributed by atoms with van der Waals surface area (Å²) in [6, 6.07) is 42.5. The molecule has 0 aliphatic carbocycles. The summed E-state index contributed by atoms with van der Waals surface area (Å²) in [4.78, 5) is 31.0. The van der Waals surface area contributed by atoms with E-state index in [2.05, 4.69) is 22.5 Å². The van der Waals surface area contributed by atoms with Gasteiger partial charge in [0.2, 0.25) is 11.8 Å². The number of ether oxygens (including phenoxy) is 2. The highest BCUT2D eigenvalue weighted by Gasteiger charge is 2.23. The largest absolute Gasteiger partial charge is 0.457 e. The van der Waals surface area contributed by atoms with Gasteiger partial charge >= 0.3 is 0 Å². The van der Waals surface area contributed by atoms with E-state index in [1.165, 1.54) is 5.69 Å². The van der Waals surface area contributed by atoms with Crippen LogP contribution in [0.3, 0.4) is 0 Å². The normalized spacial score (nSPS) is 13.0. The number of piperazine rings is 1. The minimum Gasteiger partial charge on any atom is -0.457 e. The quantitative estimate of drug-likeness (QED) is 0.142. The lowest BCUT2D eigenvalue weighted by Crippen LogP contribution is -2.53. The number of rotatable bonds is 13. The number of carbonyl (C=O) groups excluding carboxylic acids is 2. The Kier molecular flexibility index (Phi) is 11.2. The van der Waals surface area contributed by atoms with Crippen LogP contribution in [-0.2, 0) is 22.7 Å². The standard InChI is InChI=1S/C40H41N5O4/c41-29-32-10-9-15-36(28-32)49-38-17-8-7-16-37(38)45(30-31-18-20-35(21-19-31)48-34-13-5-2-6-14-34)40(47)23-22-39(46)42-44-26-24-43(25-27-44)33-11-3-1-4-12-33/h1-21,28H,22-27,29-30,41H2,(H,42,46). The fourth-order valence-corrected chi connectivity index (χ4v) is 5.71. The number of hydrazine groups is 1. The van der Waals surface area contributed by atoms with Gasteiger partial charge in [-0.15, -0.1) is 0 Å². The van der Waals surface area contributed by atoms with Gasteiger partial charge in [0.05, 0.1) is 12.2 Å². The predicted molar refractivity (Wildman–Crippen MR) is 193 cm³/mol. The van der Waals surface area contributed by atoms with Crippen molar-refractivity contribution in [2.45, 2.75) is 25.9 Å².